The Morgan fingerprint density at radius 3 is 2.21 bits per heavy atom. The molecule has 0 aromatic heterocycles. The van der Waals surface area contributed by atoms with Gasteiger partial charge in [0.2, 0.25) is 5.91 Å². The van der Waals surface area contributed by atoms with E-state index in [0.29, 0.717) is 18.7 Å². The molecule has 4 bridgehead atoms. The van der Waals surface area contributed by atoms with Gasteiger partial charge in [-0.15, -0.1) is 0 Å². The zero-order valence-electron chi connectivity index (χ0n) is 16.3. The Kier molecular flexibility index (Phi) is 4.44. The zero-order chi connectivity index (χ0) is 19.3. The summed E-state index contributed by atoms with van der Waals surface area (Å²) >= 11 is 0. The van der Waals surface area contributed by atoms with E-state index in [0.717, 1.165) is 49.9 Å². The van der Waals surface area contributed by atoms with Gasteiger partial charge in [-0.05, 0) is 93.4 Å². The summed E-state index contributed by atoms with van der Waals surface area (Å²) < 4.78 is 13.1. The van der Waals surface area contributed by atoms with Crippen LogP contribution in [0.15, 0.2) is 24.3 Å². The minimum atomic E-state index is -0.344. The van der Waals surface area contributed by atoms with Crippen LogP contribution in [0.4, 0.5) is 4.39 Å². The molecule has 0 radical (unpaired) electrons. The average Bonchev–Trinajstić information content (AvgIpc) is 2.67. The normalized spacial score (nSPS) is 36.4. The van der Waals surface area contributed by atoms with Crippen LogP contribution in [0.5, 0.6) is 0 Å². The highest BCUT2D eigenvalue weighted by Crippen LogP contribution is 2.55. The molecule has 1 saturated heterocycles. The van der Waals surface area contributed by atoms with Gasteiger partial charge < -0.3 is 10.2 Å². The molecule has 6 rings (SSSR count). The highest BCUT2D eigenvalue weighted by Gasteiger charge is 2.52. The summed E-state index contributed by atoms with van der Waals surface area (Å²) in [5.41, 5.74) is 0.512. The van der Waals surface area contributed by atoms with Gasteiger partial charge in [-0.2, -0.15) is 0 Å². The number of hydrogen-bond donors (Lipinski definition) is 1. The number of amides is 2. The first-order chi connectivity index (χ1) is 13.5. The lowest BCUT2D eigenvalue weighted by molar-refractivity contribution is -0.132. The Labute approximate surface area is 165 Å². The van der Waals surface area contributed by atoms with Gasteiger partial charge in [0.1, 0.15) is 5.82 Å². The van der Waals surface area contributed by atoms with Gasteiger partial charge in [-0.3, -0.25) is 9.59 Å². The van der Waals surface area contributed by atoms with Crippen LogP contribution >= 0.6 is 0 Å². The summed E-state index contributed by atoms with van der Waals surface area (Å²) in [6, 6.07) is 5.68. The molecule has 1 N–H and O–H groups in total. The second kappa shape index (κ2) is 6.85. The first-order valence-electron chi connectivity index (χ1n) is 10.9. The molecule has 1 aromatic carbocycles. The molecule has 28 heavy (non-hydrogen) atoms. The first-order valence-corrected chi connectivity index (χ1v) is 10.9. The van der Waals surface area contributed by atoms with E-state index in [-0.39, 0.29) is 29.1 Å². The van der Waals surface area contributed by atoms with Crippen molar-refractivity contribution >= 4 is 11.8 Å². The molecule has 5 fully saturated rings. The largest absolute Gasteiger partial charge is 0.350 e. The number of halogens is 1. The minimum Gasteiger partial charge on any atom is -0.350 e. The molecule has 2 amide bonds. The molecule has 150 valence electrons. The lowest BCUT2D eigenvalue weighted by atomic mass is 9.53. The van der Waals surface area contributed by atoms with Crippen molar-refractivity contribution in [2.24, 2.45) is 23.7 Å². The number of hydrogen-bond acceptors (Lipinski definition) is 2. The van der Waals surface area contributed by atoms with Crippen LogP contribution in [-0.2, 0) is 4.79 Å². The smallest absolute Gasteiger partial charge is 0.253 e. The summed E-state index contributed by atoms with van der Waals surface area (Å²) in [6.45, 7) is 1.13. The predicted molar refractivity (Wildman–Crippen MR) is 104 cm³/mol. The number of carbonyl (C=O) groups is 2. The number of carbonyl (C=O) groups excluding carboxylic acids is 2. The van der Waals surface area contributed by atoms with Crippen LogP contribution in [-0.4, -0.2) is 35.3 Å². The van der Waals surface area contributed by atoms with E-state index in [4.69, 9.17) is 0 Å². The van der Waals surface area contributed by atoms with Gasteiger partial charge >= 0.3 is 0 Å². The van der Waals surface area contributed by atoms with Crippen molar-refractivity contribution in [2.45, 2.75) is 56.9 Å². The SMILES string of the molecule is O=C(NC12CC3CC(CC(C3)C1)C2)[C@@H]1CCCN(C(=O)c2ccc(F)cc2)C1. The third-order valence-electron chi connectivity index (χ3n) is 7.60. The highest BCUT2D eigenvalue weighted by molar-refractivity contribution is 5.94. The van der Waals surface area contributed by atoms with E-state index in [1.165, 1.54) is 43.5 Å². The van der Waals surface area contributed by atoms with Crippen LogP contribution in [0.1, 0.15) is 61.7 Å². The molecule has 1 heterocycles. The number of rotatable bonds is 3. The Morgan fingerprint density at radius 1 is 1.00 bits per heavy atom. The van der Waals surface area contributed by atoms with Crippen LogP contribution in [0, 0.1) is 29.5 Å². The minimum absolute atomic E-state index is 0.0229. The molecule has 5 heteroatoms. The Balaban J connectivity index is 1.24. The fourth-order valence-electron chi connectivity index (χ4n) is 6.78. The monoisotopic (exact) mass is 384 g/mol. The van der Waals surface area contributed by atoms with Gasteiger partial charge in [0.25, 0.3) is 5.91 Å². The number of likely N-dealkylation sites (tertiary alicyclic amines) is 1. The molecule has 1 aliphatic heterocycles. The zero-order valence-corrected chi connectivity index (χ0v) is 16.3. The van der Waals surface area contributed by atoms with Crippen LogP contribution in [0.25, 0.3) is 0 Å². The van der Waals surface area contributed by atoms with Crippen LogP contribution in [0.3, 0.4) is 0 Å². The summed E-state index contributed by atoms with van der Waals surface area (Å²) in [5.74, 6) is 1.96. The Morgan fingerprint density at radius 2 is 1.61 bits per heavy atom. The summed E-state index contributed by atoms with van der Waals surface area (Å²) in [4.78, 5) is 27.7. The van der Waals surface area contributed by atoms with E-state index in [1.54, 1.807) is 4.90 Å². The first kappa shape index (κ1) is 18.1. The number of piperidine rings is 1. The fourth-order valence-corrected chi connectivity index (χ4v) is 6.78. The van der Waals surface area contributed by atoms with Gasteiger partial charge in [-0.25, -0.2) is 4.39 Å². The van der Waals surface area contributed by atoms with E-state index in [2.05, 4.69) is 5.32 Å². The molecule has 4 saturated carbocycles. The molecule has 1 atom stereocenters. The topological polar surface area (TPSA) is 49.4 Å². The van der Waals surface area contributed by atoms with Gasteiger partial charge in [0.15, 0.2) is 0 Å². The molecule has 0 unspecified atom stereocenters. The van der Waals surface area contributed by atoms with Gasteiger partial charge in [0, 0.05) is 24.2 Å². The number of benzene rings is 1. The quantitative estimate of drug-likeness (QED) is 0.863. The van der Waals surface area contributed by atoms with Crippen molar-refractivity contribution < 1.29 is 14.0 Å². The Hall–Kier alpha value is -1.91. The third-order valence-corrected chi connectivity index (χ3v) is 7.60. The number of nitrogens with zero attached hydrogens (tertiary/aromatic N) is 1. The molecule has 0 spiro atoms. The number of nitrogens with one attached hydrogen (secondary N) is 1. The van der Waals surface area contributed by atoms with Crippen molar-refractivity contribution in [3.63, 3.8) is 0 Å². The van der Waals surface area contributed by atoms with E-state index in [1.807, 2.05) is 0 Å². The van der Waals surface area contributed by atoms with E-state index >= 15 is 0 Å². The van der Waals surface area contributed by atoms with Gasteiger partial charge in [-0.1, -0.05) is 0 Å². The molecular weight excluding hydrogens is 355 g/mol. The molecule has 5 aliphatic rings. The van der Waals surface area contributed by atoms with E-state index < -0.39 is 0 Å². The van der Waals surface area contributed by atoms with Crippen LogP contribution < -0.4 is 5.32 Å². The molecule has 1 aromatic rings. The second-order valence-electron chi connectivity index (χ2n) is 9.78. The predicted octanol–water partition coefficient (Wildman–Crippen LogP) is 3.76. The second-order valence-corrected chi connectivity index (χ2v) is 9.78. The third kappa shape index (κ3) is 3.33. The molecule has 4 nitrogen and oxygen atoms in total. The maximum Gasteiger partial charge on any atom is 0.253 e. The molecule has 4 aliphatic carbocycles. The van der Waals surface area contributed by atoms with Crippen molar-refractivity contribution in [1.29, 1.82) is 0 Å². The van der Waals surface area contributed by atoms with E-state index in [9.17, 15) is 14.0 Å². The standard InChI is InChI=1S/C23H29FN2O2/c24-20-5-3-18(4-6-20)22(28)26-7-1-2-19(14-26)21(27)25-23-11-15-8-16(12-23)10-17(9-15)13-23/h3-6,15-17,19H,1-2,7-14H2,(H,25,27)/t15?,16?,17?,19-,23?/m1/s1. The van der Waals surface area contributed by atoms with Crippen molar-refractivity contribution in [3.05, 3.63) is 35.6 Å². The van der Waals surface area contributed by atoms with Crippen molar-refractivity contribution in [3.8, 4) is 0 Å². The van der Waals surface area contributed by atoms with Crippen LogP contribution in [0.2, 0.25) is 0 Å². The molecular formula is C23H29FN2O2. The highest BCUT2D eigenvalue weighted by atomic mass is 19.1. The summed E-state index contributed by atoms with van der Waals surface area (Å²) in [6.07, 6.45) is 9.20. The maximum atomic E-state index is 13.1. The van der Waals surface area contributed by atoms with Crippen molar-refractivity contribution in [1.82, 2.24) is 10.2 Å². The Bertz CT molecular complexity index is 740. The lowest BCUT2D eigenvalue weighted by Crippen LogP contribution is -2.61. The maximum absolute atomic E-state index is 13.1. The lowest BCUT2D eigenvalue weighted by Gasteiger charge is -2.57. The van der Waals surface area contributed by atoms with Gasteiger partial charge in [0.05, 0.1) is 5.92 Å². The average molecular weight is 384 g/mol. The summed E-state index contributed by atoms with van der Waals surface area (Å²) in [5, 5.41) is 3.47. The van der Waals surface area contributed by atoms with Crippen molar-refractivity contribution in [2.75, 3.05) is 13.1 Å². The summed E-state index contributed by atoms with van der Waals surface area (Å²) in [7, 11) is 0. The fraction of sp³-hybridized carbons (Fsp3) is 0.652.